The van der Waals surface area contributed by atoms with Crippen LogP contribution in [0.25, 0.3) is 0 Å². The molecular weight excluding hydrogens is 394 g/mol. The van der Waals surface area contributed by atoms with Gasteiger partial charge in [-0.2, -0.15) is 0 Å². The molecule has 1 aromatic carbocycles. The predicted molar refractivity (Wildman–Crippen MR) is 124 cm³/mol. The molecule has 6 nitrogen and oxygen atoms in total. The highest BCUT2D eigenvalue weighted by molar-refractivity contribution is 5.63. The van der Waals surface area contributed by atoms with Crippen LogP contribution in [0.2, 0.25) is 0 Å². The van der Waals surface area contributed by atoms with Gasteiger partial charge in [-0.05, 0) is 50.7 Å². The van der Waals surface area contributed by atoms with Crippen molar-refractivity contribution in [2.75, 3.05) is 6.61 Å². The molecule has 0 amide bonds. The number of unbranched alkanes of at least 4 members (excludes halogenated alkanes) is 9. The molecule has 0 fully saturated rings. The summed E-state index contributed by atoms with van der Waals surface area (Å²) in [5.74, 6) is 0.229. The fourth-order valence-electron chi connectivity index (χ4n) is 3.01. The first kappa shape index (κ1) is 26.4. The highest BCUT2D eigenvalue weighted by atomic mass is 16.7. The van der Waals surface area contributed by atoms with Crippen molar-refractivity contribution in [1.29, 1.82) is 0 Å². The lowest BCUT2D eigenvalue weighted by atomic mass is 10.1. The average molecular weight is 432 g/mol. The molecule has 0 aliphatic heterocycles. The van der Waals surface area contributed by atoms with Crippen LogP contribution >= 0.6 is 0 Å². The maximum Gasteiger partial charge on any atom is 0.513 e. The Bertz CT molecular complexity index is 667. The number of allylic oxidation sites excluding steroid dienone is 4. The molecule has 0 aliphatic carbocycles. The number of nitro groups is 1. The van der Waals surface area contributed by atoms with Gasteiger partial charge in [-0.15, -0.1) is 0 Å². The Morgan fingerprint density at radius 3 is 2.06 bits per heavy atom. The number of benzene rings is 1. The maximum absolute atomic E-state index is 11.6. The van der Waals surface area contributed by atoms with Crippen LogP contribution in [-0.4, -0.2) is 17.7 Å². The lowest BCUT2D eigenvalue weighted by Crippen LogP contribution is -2.11. The zero-order valence-electron chi connectivity index (χ0n) is 18.8. The number of non-ortho nitro benzene ring substituents is 1. The summed E-state index contributed by atoms with van der Waals surface area (Å²) >= 11 is 0. The summed E-state index contributed by atoms with van der Waals surface area (Å²) in [4.78, 5) is 21.7. The van der Waals surface area contributed by atoms with Gasteiger partial charge in [0.2, 0.25) is 0 Å². The Morgan fingerprint density at radius 2 is 1.45 bits per heavy atom. The van der Waals surface area contributed by atoms with E-state index in [2.05, 4.69) is 31.2 Å². The second-order valence-electron chi connectivity index (χ2n) is 7.54. The van der Waals surface area contributed by atoms with E-state index in [0.29, 0.717) is 6.61 Å². The predicted octanol–water partition coefficient (Wildman–Crippen LogP) is 7.92. The molecule has 0 aromatic heterocycles. The molecule has 0 saturated heterocycles. The van der Waals surface area contributed by atoms with E-state index < -0.39 is 11.1 Å². The van der Waals surface area contributed by atoms with E-state index in [1.165, 1.54) is 69.2 Å². The molecule has 1 aromatic rings. The molecule has 0 aliphatic rings. The summed E-state index contributed by atoms with van der Waals surface area (Å²) in [5, 5.41) is 10.6. The van der Waals surface area contributed by atoms with E-state index in [1.807, 2.05) is 0 Å². The summed E-state index contributed by atoms with van der Waals surface area (Å²) in [6, 6.07) is 5.32. The van der Waals surface area contributed by atoms with Crippen molar-refractivity contribution in [2.24, 2.45) is 0 Å². The zero-order valence-corrected chi connectivity index (χ0v) is 18.8. The van der Waals surface area contributed by atoms with Crippen molar-refractivity contribution in [2.45, 2.75) is 84.0 Å². The third-order valence-corrected chi connectivity index (χ3v) is 4.81. The highest BCUT2D eigenvalue weighted by Crippen LogP contribution is 2.17. The molecule has 6 heteroatoms. The van der Waals surface area contributed by atoms with Crippen LogP contribution < -0.4 is 4.74 Å². The molecule has 0 radical (unpaired) electrons. The SMILES string of the molecule is CCCCCC=CCC=CCCCCCCCCOC(=O)Oc1ccc([N+](=O)[O-])cc1. The third-order valence-electron chi connectivity index (χ3n) is 4.81. The number of nitrogens with zero attached hydrogens (tertiary/aromatic N) is 1. The third kappa shape index (κ3) is 14.9. The average Bonchev–Trinajstić information content (AvgIpc) is 2.76. The topological polar surface area (TPSA) is 78.7 Å². The number of nitro benzene ring substituents is 1. The maximum atomic E-state index is 11.6. The van der Waals surface area contributed by atoms with E-state index in [1.54, 1.807) is 0 Å². The molecule has 0 unspecified atom stereocenters. The highest BCUT2D eigenvalue weighted by Gasteiger charge is 2.08. The van der Waals surface area contributed by atoms with E-state index in [9.17, 15) is 14.9 Å². The summed E-state index contributed by atoms with van der Waals surface area (Å²) in [6.07, 6.45) is 22.2. The molecular formula is C25H37NO5. The Hall–Kier alpha value is -2.63. The Balaban J connectivity index is 1.91. The summed E-state index contributed by atoms with van der Waals surface area (Å²) in [5.41, 5.74) is -0.0536. The van der Waals surface area contributed by atoms with Crippen LogP contribution in [0.15, 0.2) is 48.6 Å². The normalized spacial score (nSPS) is 11.3. The van der Waals surface area contributed by atoms with Crippen molar-refractivity contribution in [3.05, 3.63) is 58.7 Å². The minimum atomic E-state index is -0.781. The van der Waals surface area contributed by atoms with E-state index in [0.717, 1.165) is 32.1 Å². The molecule has 1 rings (SSSR count). The van der Waals surface area contributed by atoms with Gasteiger partial charge in [0.1, 0.15) is 5.75 Å². The van der Waals surface area contributed by atoms with Gasteiger partial charge in [-0.25, -0.2) is 4.79 Å². The number of rotatable bonds is 17. The summed E-state index contributed by atoms with van der Waals surface area (Å²) < 4.78 is 10.0. The van der Waals surface area contributed by atoms with Gasteiger partial charge in [-0.1, -0.05) is 69.8 Å². The summed E-state index contributed by atoms with van der Waals surface area (Å²) in [6.45, 7) is 2.55. The second kappa shape index (κ2) is 18.2. The van der Waals surface area contributed by atoms with Gasteiger partial charge < -0.3 is 9.47 Å². The largest absolute Gasteiger partial charge is 0.513 e. The number of hydrogen-bond acceptors (Lipinski definition) is 5. The molecule has 0 bridgehead atoms. The standard InChI is InChI=1S/C25H37NO5/c1-2-3-4-5-6-7-8-9-10-11-12-13-14-15-16-17-22-30-25(27)31-24-20-18-23(19-21-24)26(28)29/h6-7,9-10,18-21H,2-5,8,11-17,22H2,1H3. The van der Waals surface area contributed by atoms with Crippen LogP contribution in [0.5, 0.6) is 5.75 Å². The van der Waals surface area contributed by atoms with E-state index in [4.69, 9.17) is 9.47 Å². The van der Waals surface area contributed by atoms with Crippen LogP contribution in [-0.2, 0) is 4.74 Å². The monoisotopic (exact) mass is 431 g/mol. The molecule has 172 valence electrons. The first-order valence-corrected chi connectivity index (χ1v) is 11.5. The zero-order chi connectivity index (χ0) is 22.6. The number of hydrogen-bond donors (Lipinski definition) is 0. The Morgan fingerprint density at radius 1 is 0.871 bits per heavy atom. The van der Waals surface area contributed by atoms with Crippen molar-refractivity contribution < 1.29 is 19.2 Å². The van der Waals surface area contributed by atoms with Gasteiger partial charge in [0.05, 0.1) is 11.5 Å². The van der Waals surface area contributed by atoms with Crippen molar-refractivity contribution in [1.82, 2.24) is 0 Å². The first-order chi connectivity index (χ1) is 15.1. The quantitative estimate of drug-likeness (QED) is 0.0625. The minimum Gasteiger partial charge on any atom is -0.434 e. The molecule has 0 N–H and O–H groups in total. The van der Waals surface area contributed by atoms with Gasteiger partial charge in [-0.3, -0.25) is 10.1 Å². The smallest absolute Gasteiger partial charge is 0.434 e. The van der Waals surface area contributed by atoms with Gasteiger partial charge in [0.25, 0.3) is 5.69 Å². The van der Waals surface area contributed by atoms with Crippen LogP contribution in [0.4, 0.5) is 10.5 Å². The van der Waals surface area contributed by atoms with Crippen LogP contribution in [0, 0.1) is 10.1 Å². The van der Waals surface area contributed by atoms with Gasteiger partial charge >= 0.3 is 6.16 Å². The first-order valence-electron chi connectivity index (χ1n) is 11.5. The van der Waals surface area contributed by atoms with Crippen LogP contribution in [0.1, 0.15) is 84.0 Å². The molecule has 0 atom stereocenters. The van der Waals surface area contributed by atoms with Crippen molar-refractivity contribution in [3.63, 3.8) is 0 Å². The van der Waals surface area contributed by atoms with Crippen molar-refractivity contribution >= 4 is 11.8 Å². The van der Waals surface area contributed by atoms with Gasteiger partial charge in [0.15, 0.2) is 0 Å². The number of carbonyl (C=O) groups excluding carboxylic acids is 1. The minimum absolute atomic E-state index is 0.0536. The lowest BCUT2D eigenvalue weighted by molar-refractivity contribution is -0.384. The molecule has 0 heterocycles. The van der Waals surface area contributed by atoms with Crippen molar-refractivity contribution in [3.8, 4) is 5.75 Å². The molecule has 0 spiro atoms. The van der Waals surface area contributed by atoms with Gasteiger partial charge in [0, 0.05) is 12.1 Å². The van der Waals surface area contributed by atoms with E-state index in [-0.39, 0.29) is 11.4 Å². The molecule has 31 heavy (non-hydrogen) atoms. The second-order valence-corrected chi connectivity index (χ2v) is 7.54. The number of ether oxygens (including phenoxy) is 2. The number of carbonyl (C=O) groups is 1. The molecule has 0 saturated carbocycles. The fourth-order valence-corrected chi connectivity index (χ4v) is 3.01. The fraction of sp³-hybridized carbons (Fsp3) is 0.560. The van der Waals surface area contributed by atoms with Crippen LogP contribution in [0.3, 0.4) is 0 Å². The lowest BCUT2D eigenvalue weighted by Gasteiger charge is -2.06. The summed E-state index contributed by atoms with van der Waals surface area (Å²) in [7, 11) is 0. The Labute approximate surface area is 186 Å². The van der Waals surface area contributed by atoms with E-state index >= 15 is 0 Å². The Kier molecular flexibility index (Phi) is 15.5.